The van der Waals surface area contributed by atoms with Crippen molar-refractivity contribution in [1.82, 2.24) is 0 Å². The van der Waals surface area contributed by atoms with Gasteiger partial charge >= 0.3 is 5.97 Å². The molecule has 0 aromatic heterocycles. The molecule has 5 heteroatoms. The maximum absolute atomic E-state index is 13.9. The predicted octanol–water partition coefficient (Wildman–Crippen LogP) is 4.99. The van der Waals surface area contributed by atoms with Gasteiger partial charge in [-0.1, -0.05) is 30.7 Å². The highest BCUT2D eigenvalue weighted by Crippen LogP contribution is 2.29. The van der Waals surface area contributed by atoms with E-state index in [2.05, 4.69) is 0 Å². The fourth-order valence-corrected chi connectivity index (χ4v) is 2.19. The molecule has 0 saturated heterocycles. The number of rotatable bonds is 5. The zero-order chi connectivity index (χ0) is 17.0. The van der Waals surface area contributed by atoms with Crippen molar-refractivity contribution in [2.75, 3.05) is 0 Å². The summed E-state index contributed by atoms with van der Waals surface area (Å²) in [7, 11) is 0. The summed E-state index contributed by atoms with van der Waals surface area (Å²) in [6.07, 6.45) is 0.274. The monoisotopic (exact) mass is 336 g/mol. The fraction of sp³-hybridized carbons (Fsp3) is 0.278. The van der Waals surface area contributed by atoms with E-state index in [1.807, 2.05) is 13.0 Å². The van der Waals surface area contributed by atoms with Crippen LogP contribution in [0.1, 0.15) is 30.0 Å². The van der Waals surface area contributed by atoms with Crippen molar-refractivity contribution in [3.05, 3.63) is 57.9 Å². The van der Waals surface area contributed by atoms with E-state index in [1.165, 1.54) is 12.1 Å². The normalized spacial score (nSPS) is 10.5. The molecule has 0 aliphatic heterocycles. The molecule has 2 aromatic carbocycles. The molecule has 23 heavy (non-hydrogen) atoms. The Morgan fingerprint density at radius 2 is 1.91 bits per heavy atom. The van der Waals surface area contributed by atoms with E-state index < -0.39 is 5.82 Å². The third-order valence-corrected chi connectivity index (χ3v) is 3.87. The number of aryl methyl sites for hydroxylation is 2. The molecule has 0 amide bonds. The number of carbonyl (C=O) groups excluding carboxylic acids is 1. The molecule has 0 atom stereocenters. The van der Waals surface area contributed by atoms with E-state index in [4.69, 9.17) is 21.1 Å². The van der Waals surface area contributed by atoms with Gasteiger partial charge in [-0.2, -0.15) is 0 Å². The Hall–Kier alpha value is -2.07. The van der Waals surface area contributed by atoms with E-state index in [1.54, 1.807) is 26.0 Å². The topological polar surface area (TPSA) is 35.5 Å². The zero-order valence-corrected chi connectivity index (χ0v) is 14.0. The van der Waals surface area contributed by atoms with E-state index >= 15 is 0 Å². The molecule has 0 saturated carbocycles. The standard InChI is InChI=1S/C18H18ClFO3/c1-4-18(21)23-16-7-5-6-11(2)13(16)10-22-17-9-14(19)12(3)8-15(17)20/h5-9H,4,10H2,1-3H3. The summed E-state index contributed by atoms with van der Waals surface area (Å²) in [6, 6.07) is 8.13. The SMILES string of the molecule is CCC(=O)Oc1cccc(C)c1COc1cc(Cl)c(C)cc1F. The number of hydrogen-bond donors (Lipinski definition) is 0. The Kier molecular flexibility index (Phi) is 5.61. The van der Waals surface area contributed by atoms with E-state index in [0.29, 0.717) is 21.9 Å². The van der Waals surface area contributed by atoms with Gasteiger partial charge in [0.15, 0.2) is 11.6 Å². The first-order chi connectivity index (χ1) is 10.9. The Morgan fingerprint density at radius 1 is 1.17 bits per heavy atom. The number of ether oxygens (including phenoxy) is 2. The lowest BCUT2D eigenvalue weighted by atomic mass is 10.1. The van der Waals surface area contributed by atoms with Crippen LogP contribution in [0.25, 0.3) is 0 Å². The lowest BCUT2D eigenvalue weighted by Crippen LogP contribution is -2.09. The van der Waals surface area contributed by atoms with Gasteiger partial charge in [0.05, 0.1) is 0 Å². The lowest BCUT2D eigenvalue weighted by molar-refractivity contribution is -0.134. The number of carbonyl (C=O) groups is 1. The Balaban J connectivity index is 2.23. The second-order valence-corrected chi connectivity index (χ2v) is 5.61. The first kappa shape index (κ1) is 17.3. The Labute approximate surface area is 140 Å². The predicted molar refractivity (Wildman–Crippen MR) is 87.6 cm³/mol. The minimum Gasteiger partial charge on any atom is -0.486 e. The highest BCUT2D eigenvalue weighted by Gasteiger charge is 2.13. The summed E-state index contributed by atoms with van der Waals surface area (Å²) in [4.78, 5) is 11.5. The fourth-order valence-electron chi connectivity index (χ4n) is 2.04. The van der Waals surface area contributed by atoms with Crippen molar-refractivity contribution in [1.29, 1.82) is 0 Å². The summed E-state index contributed by atoms with van der Waals surface area (Å²) in [5.41, 5.74) is 2.24. The lowest BCUT2D eigenvalue weighted by Gasteiger charge is -2.14. The van der Waals surface area contributed by atoms with Gasteiger partial charge in [0.1, 0.15) is 12.4 Å². The largest absolute Gasteiger partial charge is 0.486 e. The van der Waals surface area contributed by atoms with E-state index in [-0.39, 0.29) is 24.7 Å². The highest BCUT2D eigenvalue weighted by atomic mass is 35.5. The van der Waals surface area contributed by atoms with Crippen molar-refractivity contribution in [3.8, 4) is 11.5 Å². The summed E-state index contributed by atoms with van der Waals surface area (Å²) in [5.74, 6) is -0.318. The van der Waals surface area contributed by atoms with Gasteiger partial charge in [0.25, 0.3) is 0 Å². The van der Waals surface area contributed by atoms with Crippen LogP contribution in [0.5, 0.6) is 11.5 Å². The molecule has 0 fully saturated rings. The number of benzene rings is 2. The van der Waals surface area contributed by atoms with Crippen LogP contribution in [0.4, 0.5) is 4.39 Å². The zero-order valence-electron chi connectivity index (χ0n) is 13.3. The van der Waals surface area contributed by atoms with E-state index in [0.717, 1.165) is 5.56 Å². The Bertz CT molecular complexity index is 728. The van der Waals surface area contributed by atoms with Gasteiger partial charge in [0.2, 0.25) is 0 Å². The second kappa shape index (κ2) is 7.47. The molecule has 0 radical (unpaired) electrons. The van der Waals surface area contributed by atoms with Gasteiger partial charge in [-0.15, -0.1) is 0 Å². The van der Waals surface area contributed by atoms with Crippen LogP contribution in [-0.2, 0) is 11.4 Å². The maximum atomic E-state index is 13.9. The van der Waals surface area contributed by atoms with Crippen molar-refractivity contribution in [2.24, 2.45) is 0 Å². The number of halogens is 2. The van der Waals surface area contributed by atoms with Crippen LogP contribution in [0, 0.1) is 19.7 Å². The average Bonchev–Trinajstić information content (AvgIpc) is 2.51. The maximum Gasteiger partial charge on any atom is 0.310 e. The molecule has 0 heterocycles. The van der Waals surface area contributed by atoms with Crippen LogP contribution in [0.3, 0.4) is 0 Å². The van der Waals surface area contributed by atoms with Crippen molar-refractivity contribution in [2.45, 2.75) is 33.8 Å². The van der Waals surface area contributed by atoms with Crippen LogP contribution in [0.2, 0.25) is 5.02 Å². The molecule has 0 unspecified atom stereocenters. The van der Waals surface area contributed by atoms with Crippen molar-refractivity contribution < 1.29 is 18.7 Å². The molecule has 2 aromatic rings. The smallest absolute Gasteiger partial charge is 0.310 e. The van der Waals surface area contributed by atoms with Gasteiger partial charge in [0, 0.05) is 23.1 Å². The third kappa shape index (κ3) is 4.23. The summed E-state index contributed by atoms with van der Waals surface area (Å²) >= 11 is 6.00. The van der Waals surface area contributed by atoms with Crippen LogP contribution >= 0.6 is 11.6 Å². The molecule has 0 aliphatic rings. The molecular formula is C18H18ClFO3. The second-order valence-electron chi connectivity index (χ2n) is 5.20. The van der Waals surface area contributed by atoms with Gasteiger partial charge < -0.3 is 9.47 Å². The molecule has 3 nitrogen and oxygen atoms in total. The van der Waals surface area contributed by atoms with Crippen molar-refractivity contribution >= 4 is 17.6 Å². The molecular weight excluding hydrogens is 319 g/mol. The summed E-state index contributed by atoms with van der Waals surface area (Å²) in [5, 5.41) is 0.434. The first-order valence-electron chi connectivity index (χ1n) is 7.30. The molecule has 0 aliphatic carbocycles. The highest BCUT2D eigenvalue weighted by molar-refractivity contribution is 6.31. The quantitative estimate of drug-likeness (QED) is 0.570. The van der Waals surface area contributed by atoms with E-state index in [9.17, 15) is 9.18 Å². The molecule has 2 rings (SSSR count). The molecule has 0 bridgehead atoms. The van der Waals surface area contributed by atoms with Gasteiger partial charge in [-0.25, -0.2) is 4.39 Å². The van der Waals surface area contributed by atoms with Crippen LogP contribution in [0.15, 0.2) is 30.3 Å². The average molecular weight is 337 g/mol. The van der Waals surface area contributed by atoms with Gasteiger partial charge in [-0.05, 0) is 37.1 Å². The first-order valence-corrected chi connectivity index (χ1v) is 7.67. The van der Waals surface area contributed by atoms with Crippen molar-refractivity contribution in [3.63, 3.8) is 0 Å². The third-order valence-electron chi connectivity index (χ3n) is 3.46. The minimum atomic E-state index is -0.479. The molecule has 122 valence electrons. The Morgan fingerprint density at radius 3 is 2.61 bits per heavy atom. The van der Waals surface area contributed by atoms with Crippen LogP contribution in [-0.4, -0.2) is 5.97 Å². The van der Waals surface area contributed by atoms with Crippen LogP contribution < -0.4 is 9.47 Å². The number of esters is 1. The summed E-state index contributed by atoms with van der Waals surface area (Å²) < 4.78 is 24.8. The molecule has 0 N–H and O–H groups in total. The molecule has 0 spiro atoms. The summed E-state index contributed by atoms with van der Waals surface area (Å²) in [6.45, 7) is 5.40. The number of hydrogen-bond acceptors (Lipinski definition) is 3. The van der Waals surface area contributed by atoms with Gasteiger partial charge in [-0.3, -0.25) is 4.79 Å². The minimum absolute atomic E-state index is 0.0663.